The van der Waals surface area contributed by atoms with Crippen LogP contribution in [0.25, 0.3) is 0 Å². The number of methoxy groups -OCH3 is 1. The van der Waals surface area contributed by atoms with Gasteiger partial charge in [0.05, 0.1) is 24.4 Å². The van der Waals surface area contributed by atoms with E-state index in [1.54, 1.807) is 18.7 Å². The minimum Gasteiger partial charge on any atom is -0.493 e. The minimum absolute atomic E-state index is 0.475. The molecule has 1 aromatic heterocycles. The van der Waals surface area contributed by atoms with E-state index in [-0.39, 0.29) is 0 Å². The molecular weight excluding hydrogens is 356 g/mol. The van der Waals surface area contributed by atoms with E-state index in [2.05, 4.69) is 31.4 Å². The molecule has 0 unspecified atom stereocenters. The summed E-state index contributed by atoms with van der Waals surface area (Å²) < 4.78 is 11.7. The number of hydrogen-bond acceptors (Lipinski definition) is 7. The molecule has 2 rings (SSSR count). The van der Waals surface area contributed by atoms with Crippen molar-refractivity contribution in [2.24, 2.45) is 5.10 Å². The summed E-state index contributed by atoms with van der Waals surface area (Å²) in [5, 5.41) is 6.50. The molecule has 0 amide bonds. The maximum absolute atomic E-state index is 5.54. The molecule has 0 aliphatic carbocycles. The zero-order valence-corrected chi connectivity index (χ0v) is 14.0. The fourth-order valence-corrected chi connectivity index (χ4v) is 2.72. The van der Waals surface area contributed by atoms with Gasteiger partial charge in [-0.3, -0.25) is 5.43 Å². The molecule has 0 saturated heterocycles. The Balaban J connectivity index is 2.14. The lowest BCUT2D eigenvalue weighted by Crippen LogP contribution is -1.98. The summed E-state index contributed by atoms with van der Waals surface area (Å²) in [5.41, 5.74) is 9.22. The minimum atomic E-state index is 0.475. The topological polar surface area (TPSA) is 81.8 Å². The first kappa shape index (κ1) is 15.6. The second-order valence-corrected chi connectivity index (χ2v) is 5.63. The Morgan fingerprint density at radius 3 is 2.95 bits per heavy atom. The highest BCUT2D eigenvalue weighted by Crippen LogP contribution is 2.36. The lowest BCUT2D eigenvalue weighted by atomic mass is 10.2. The van der Waals surface area contributed by atoms with Gasteiger partial charge >= 0.3 is 0 Å². The van der Waals surface area contributed by atoms with Crippen molar-refractivity contribution in [3.63, 3.8) is 0 Å². The number of ether oxygens (including phenoxy) is 2. The van der Waals surface area contributed by atoms with Gasteiger partial charge in [0.15, 0.2) is 11.5 Å². The third-order valence-corrected chi connectivity index (χ3v) is 3.79. The molecule has 0 fully saturated rings. The standard InChI is InChI=1S/C13H15BrN4O2S/c1-3-20-12-9(14)4-8(5-10(12)19-2)6-16-18-13-17-11(15)7-21-13/h4-7H,3,15H2,1-2H3,(H,17,18). The number of nitrogen functional groups attached to an aromatic ring is 1. The number of thiazole rings is 1. The average Bonchev–Trinajstić information content (AvgIpc) is 2.87. The first-order valence-electron chi connectivity index (χ1n) is 6.14. The van der Waals surface area contributed by atoms with Gasteiger partial charge in [-0.25, -0.2) is 4.98 Å². The Morgan fingerprint density at radius 2 is 2.33 bits per heavy atom. The number of nitrogens with zero attached hydrogens (tertiary/aromatic N) is 2. The van der Waals surface area contributed by atoms with Crippen LogP contribution in [0.2, 0.25) is 0 Å². The molecule has 0 bridgehead atoms. The van der Waals surface area contributed by atoms with Crippen LogP contribution in [0, 0.1) is 0 Å². The van der Waals surface area contributed by atoms with Crippen LogP contribution < -0.4 is 20.6 Å². The summed E-state index contributed by atoms with van der Waals surface area (Å²) in [6, 6.07) is 3.74. The first-order chi connectivity index (χ1) is 10.1. The molecule has 0 radical (unpaired) electrons. The van der Waals surface area contributed by atoms with Crippen LogP contribution in [0.4, 0.5) is 10.9 Å². The molecule has 112 valence electrons. The van der Waals surface area contributed by atoms with Crippen LogP contribution in [0.3, 0.4) is 0 Å². The van der Waals surface area contributed by atoms with Gasteiger partial charge in [0, 0.05) is 5.38 Å². The SMILES string of the molecule is CCOc1c(Br)cc(C=NNc2nc(N)cs2)cc1OC. The molecule has 2 aromatic rings. The second-order valence-electron chi connectivity index (χ2n) is 3.91. The summed E-state index contributed by atoms with van der Waals surface area (Å²) in [6.07, 6.45) is 1.67. The van der Waals surface area contributed by atoms with E-state index in [0.717, 1.165) is 10.0 Å². The number of benzene rings is 1. The molecule has 0 saturated carbocycles. The van der Waals surface area contributed by atoms with Crippen LogP contribution in [0.15, 0.2) is 27.1 Å². The second kappa shape index (κ2) is 7.28. The predicted molar refractivity (Wildman–Crippen MR) is 89.6 cm³/mol. The molecule has 0 aliphatic rings. The number of rotatable bonds is 6. The molecule has 3 N–H and O–H groups in total. The van der Waals surface area contributed by atoms with Crippen molar-refractivity contribution < 1.29 is 9.47 Å². The van der Waals surface area contributed by atoms with Gasteiger partial charge in [-0.05, 0) is 40.5 Å². The Morgan fingerprint density at radius 1 is 1.52 bits per heavy atom. The Hall–Kier alpha value is -1.80. The molecule has 1 aromatic carbocycles. The predicted octanol–water partition coefficient (Wildman–Crippen LogP) is 3.34. The van der Waals surface area contributed by atoms with Gasteiger partial charge in [0.25, 0.3) is 0 Å². The van der Waals surface area contributed by atoms with E-state index in [9.17, 15) is 0 Å². The lowest BCUT2D eigenvalue weighted by molar-refractivity contribution is 0.309. The number of nitrogens with two attached hydrogens (primary N) is 1. The van der Waals surface area contributed by atoms with Crippen molar-refractivity contribution in [3.8, 4) is 11.5 Å². The van der Waals surface area contributed by atoms with Gasteiger partial charge in [-0.15, -0.1) is 11.3 Å². The number of aromatic nitrogens is 1. The Kier molecular flexibility index (Phi) is 5.40. The molecule has 0 atom stereocenters. The largest absolute Gasteiger partial charge is 0.493 e. The van der Waals surface area contributed by atoms with Crippen LogP contribution in [-0.2, 0) is 0 Å². The molecule has 0 aliphatic heterocycles. The fraction of sp³-hybridized carbons (Fsp3) is 0.231. The van der Waals surface area contributed by atoms with Crippen LogP contribution in [-0.4, -0.2) is 24.9 Å². The van der Waals surface area contributed by atoms with Crippen molar-refractivity contribution in [2.75, 3.05) is 24.9 Å². The summed E-state index contributed by atoms with van der Waals surface area (Å²) in [5.74, 6) is 1.80. The van der Waals surface area contributed by atoms with E-state index in [1.807, 2.05) is 19.1 Å². The molecule has 8 heteroatoms. The molecule has 21 heavy (non-hydrogen) atoms. The monoisotopic (exact) mass is 370 g/mol. The Bertz CT molecular complexity index is 645. The van der Waals surface area contributed by atoms with Gasteiger partial charge in [0.1, 0.15) is 5.82 Å². The van der Waals surface area contributed by atoms with Crippen molar-refractivity contribution in [3.05, 3.63) is 27.5 Å². The number of halogens is 1. The summed E-state index contributed by atoms with van der Waals surface area (Å²) >= 11 is 4.86. The highest BCUT2D eigenvalue weighted by Gasteiger charge is 2.10. The van der Waals surface area contributed by atoms with Gasteiger partial charge in [0.2, 0.25) is 5.13 Å². The van der Waals surface area contributed by atoms with Crippen molar-refractivity contribution >= 4 is 44.4 Å². The number of hydrogen-bond donors (Lipinski definition) is 2. The third kappa shape index (κ3) is 4.08. The van der Waals surface area contributed by atoms with Crippen molar-refractivity contribution in [2.45, 2.75) is 6.92 Å². The van der Waals surface area contributed by atoms with E-state index in [4.69, 9.17) is 15.2 Å². The highest BCUT2D eigenvalue weighted by atomic mass is 79.9. The first-order valence-corrected chi connectivity index (χ1v) is 7.81. The maximum atomic E-state index is 5.54. The van der Waals surface area contributed by atoms with Crippen LogP contribution in [0.5, 0.6) is 11.5 Å². The van der Waals surface area contributed by atoms with E-state index < -0.39 is 0 Å². The average molecular weight is 371 g/mol. The molecule has 0 spiro atoms. The number of anilines is 2. The quantitative estimate of drug-likeness (QED) is 0.601. The summed E-state index contributed by atoms with van der Waals surface area (Å²) in [4.78, 5) is 4.05. The summed E-state index contributed by atoms with van der Waals surface area (Å²) in [7, 11) is 1.60. The fourth-order valence-electron chi connectivity index (χ4n) is 1.60. The highest BCUT2D eigenvalue weighted by molar-refractivity contribution is 9.10. The van der Waals surface area contributed by atoms with Gasteiger partial charge in [-0.2, -0.15) is 5.10 Å². The number of hydrazone groups is 1. The van der Waals surface area contributed by atoms with E-state index >= 15 is 0 Å². The number of nitrogens with one attached hydrogen (secondary N) is 1. The normalized spacial score (nSPS) is 10.8. The van der Waals surface area contributed by atoms with Crippen molar-refractivity contribution in [1.29, 1.82) is 0 Å². The third-order valence-electron chi connectivity index (χ3n) is 2.44. The van der Waals surface area contributed by atoms with E-state index in [1.165, 1.54) is 11.3 Å². The van der Waals surface area contributed by atoms with Gasteiger partial charge in [-0.1, -0.05) is 0 Å². The molecular formula is C13H15BrN4O2S. The van der Waals surface area contributed by atoms with Crippen molar-refractivity contribution in [1.82, 2.24) is 4.98 Å². The zero-order valence-electron chi connectivity index (χ0n) is 11.6. The molecule has 1 heterocycles. The molecule has 6 nitrogen and oxygen atoms in total. The van der Waals surface area contributed by atoms with Gasteiger partial charge < -0.3 is 15.2 Å². The lowest BCUT2D eigenvalue weighted by Gasteiger charge is -2.11. The maximum Gasteiger partial charge on any atom is 0.205 e. The summed E-state index contributed by atoms with van der Waals surface area (Å²) in [6.45, 7) is 2.49. The Labute approximate surface area is 135 Å². The van der Waals surface area contributed by atoms with Crippen LogP contribution in [0.1, 0.15) is 12.5 Å². The van der Waals surface area contributed by atoms with Crippen LogP contribution >= 0.6 is 27.3 Å². The smallest absolute Gasteiger partial charge is 0.205 e. The van der Waals surface area contributed by atoms with E-state index in [0.29, 0.717) is 29.1 Å². The zero-order chi connectivity index (χ0) is 15.2.